The highest BCUT2D eigenvalue weighted by atomic mass is 16.5. The molecular weight excluding hydrogens is 246 g/mol. The zero-order valence-corrected chi connectivity index (χ0v) is 11.7. The van der Waals surface area contributed by atoms with Gasteiger partial charge in [0.25, 0.3) is 5.91 Å². The van der Waals surface area contributed by atoms with Crippen molar-refractivity contribution in [3.8, 4) is 0 Å². The van der Waals surface area contributed by atoms with Gasteiger partial charge in [-0.05, 0) is 39.7 Å². The number of hydrogen-bond donors (Lipinski definition) is 0. The number of ether oxygens (including phenoxy) is 1. The van der Waals surface area contributed by atoms with Gasteiger partial charge in [0.15, 0.2) is 0 Å². The van der Waals surface area contributed by atoms with Crippen LogP contribution in [-0.2, 0) is 9.53 Å². The van der Waals surface area contributed by atoms with Gasteiger partial charge in [0, 0.05) is 6.04 Å². The summed E-state index contributed by atoms with van der Waals surface area (Å²) < 4.78 is 10.1. The van der Waals surface area contributed by atoms with E-state index in [2.05, 4.69) is 0 Å². The van der Waals surface area contributed by atoms with E-state index in [4.69, 9.17) is 9.15 Å². The lowest BCUT2D eigenvalue weighted by molar-refractivity contribution is -0.145. The summed E-state index contributed by atoms with van der Waals surface area (Å²) in [7, 11) is 1.33. The topological polar surface area (TPSA) is 59.8 Å². The van der Waals surface area contributed by atoms with Crippen LogP contribution >= 0.6 is 0 Å². The Morgan fingerprint density at radius 1 is 1.42 bits per heavy atom. The maximum absolute atomic E-state index is 12.6. The van der Waals surface area contributed by atoms with Crippen LogP contribution in [0.1, 0.15) is 41.6 Å². The lowest BCUT2D eigenvalue weighted by atomic mass is 10.1. The second-order valence-corrected chi connectivity index (χ2v) is 4.97. The summed E-state index contributed by atoms with van der Waals surface area (Å²) in [6.07, 6.45) is 1.87. The Morgan fingerprint density at radius 2 is 2.05 bits per heavy atom. The minimum Gasteiger partial charge on any atom is -0.467 e. The monoisotopic (exact) mass is 265 g/mol. The van der Waals surface area contributed by atoms with Gasteiger partial charge in [-0.3, -0.25) is 4.79 Å². The number of nitrogens with zero attached hydrogens (tertiary/aromatic N) is 1. The van der Waals surface area contributed by atoms with Crippen molar-refractivity contribution in [2.75, 3.05) is 7.11 Å². The molecule has 1 amide bonds. The molecule has 1 aliphatic carbocycles. The summed E-state index contributed by atoms with van der Waals surface area (Å²) in [5, 5.41) is 0. The van der Waals surface area contributed by atoms with Crippen molar-refractivity contribution in [1.82, 2.24) is 4.90 Å². The molecule has 0 aromatic carbocycles. The fraction of sp³-hybridized carbons (Fsp3) is 0.571. The molecular formula is C14H19NO4. The van der Waals surface area contributed by atoms with Crippen LogP contribution in [0.5, 0.6) is 0 Å². The Bertz CT molecular complexity index is 502. The van der Waals surface area contributed by atoms with Crippen molar-refractivity contribution in [1.29, 1.82) is 0 Å². The van der Waals surface area contributed by atoms with Crippen LogP contribution in [-0.4, -0.2) is 36.0 Å². The third-order valence-corrected chi connectivity index (χ3v) is 3.41. The zero-order valence-electron chi connectivity index (χ0n) is 11.7. The van der Waals surface area contributed by atoms with Gasteiger partial charge in [-0.15, -0.1) is 0 Å². The first-order valence-electron chi connectivity index (χ1n) is 6.43. The molecule has 0 unspecified atom stereocenters. The second kappa shape index (κ2) is 5.07. The lowest BCUT2D eigenvalue weighted by Gasteiger charge is -2.27. The number of methoxy groups -OCH3 is 1. The number of hydrogen-bond acceptors (Lipinski definition) is 4. The van der Waals surface area contributed by atoms with Gasteiger partial charge >= 0.3 is 5.97 Å². The molecule has 1 saturated carbocycles. The highest BCUT2D eigenvalue weighted by Crippen LogP contribution is 2.31. The second-order valence-electron chi connectivity index (χ2n) is 4.97. The Labute approximate surface area is 112 Å². The highest BCUT2D eigenvalue weighted by molar-refractivity contribution is 5.98. The molecule has 0 N–H and O–H groups in total. The standard InChI is InChI=1S/C14H19NO4/c1-8-7-12(10(3)19-8)13(16)15(11-5-6-11)9(2)14(17)18-4/h7,9,11H,5-6H2,1-4H3/t9-/m0/s1. The van der Waals surface area contributed by atoms with Crippen molar-refractivity contribution < 1.29 is 18.7 Å². The van der Waals surface area contributed by atoms with E-state index in [1.54, 1.807) is 31.7 Å². The first-order chi connectivity index (χ1) is 8.95. The molecule has 1 aromatic heterocycles. The van der Waals surface area contributed by atoms with Gasteiger partial charge in [-0.25, -0.2) is 4.79 Å². The molecule has 1 atom stereocenters. The Balaban J connectivity index is 2.27. The van der Waals surface area contributed by atoms with Crippen LogP contribution < -0.4 is 0 Å². The van der Waals surface area contributed by atoms with E-state index in [0.29, 0.717) is 17.1 Å². The van der Waals surface area contributed by atoms with E-state index in [9.17, 15) is 9.59 Å². The normalized spacial score (nSPS) is 16.0. The van der Waals surface area contributed by atoms with Crippen LogP contribution in [0.2, 0.25) is 0 Å². The molecule has 0 radical (unpaired) electrons. The third-order valence-electron chi connectivity index (χ3n) is 3.41. The molecule has 1 aliphatic rings. The van der Waals surface area contributed by atoms with Gasteiger partial charge in [0.05, 0.1) is 12.7 Å². The minimum absolute atomic E-state index is 0.135. The number of esters is 1. The van der Waals surface area contributed by atoms with Crippen LogP contribution in [0.15, 0.2) is 10.5 Å². The third kappa shape index (κ3) is 2.64. The number of amides is 1. The van der Waals surface area contributed by atoms with Crippen LogP contribution in [0, 0.1) is 13.8 Å². The van der Waals surface area contributed by atoms with E-state index in [1.807, 2.05) is 0 Å². The quantitative estimate of drug-likeness (QED) is 0.782. The van der Waals surface area contributed by atoms with E-state index in [-0.39, 0.29) is 11.9 Å². The van der Waals surface area contributed by atoms with E-state index in [1.165, 1.54) is 7.11 Å². The minimum atomic E-state index is -0.570. The van der Waals surface area contributed by atoms with Gasteiger partial charge in [0.2, 0.25) is 0 Å². The number of carbonyl (C=O) groups is 2. The van der Waals surface area contributed by atoms with Crippen LogP contribution in [0.3, 0.4) is 0 Å². The first kappa shape index (κ1) is 13.6. The summed E-state index contributed by atoms with van der Waals surface area (Å²) in [4.78, 5) is 25.9. The first-order valence-corrected chi connectivity index (χ1v) is 6.43. The molecule has 0 saturated heterocycles. The molecule has 1 aromatic rings. The maximum Gasteiger partial charge on any atom is 0.328 e. The van der Waals surface area contributed by atoms with E-state index in [0.717, 1.165) is 12.8 Å². The number of carbonyl (C=O) groups excluding carboxylic acids is 2. The molecule has 0 spiro atoms. The molecule has 19 heavy (non-hydrogen) atoms. The summed E-state index contributed by atoms with van der Waals surface area (Å²) in [5.41, 5.74) is 0.528. The SMILES string of the molecule is COC(=O)[C@H](C)N(C(=O)c1cc(C)oc1C)C1CC1. The molecule has 1 fully saturated rings. The molecule has 2 rings (SSSR count). The predicted molar refractivity (Wildman–Crippen MR) is 68.9 cm³/mol. The van der Waals surface area contributed by atoms with E-state index < -0.39 is 12.0 Å². The van der Waals surface area contributed by atoms with Gasteiger partial charge < -0.3 is 14.1 Å². The summed E-state index contributed by atoms with van der Waals surface area (Å²) in [6, 6.07) is 1.28. The Morgan fingerprint density at radius 3 is 2.47 bits per heavy atom. The highest BCUT2D eigenvalue weighted by Gasteiger charge is 2.40. The summed E-state index contributed by atoms with van der Waals surface area (Å²) >= 11 is 0. The smallest absolute Gasteiger partial charge is 0.328 e. The lowest BCUT2D eigenvalue weighted by Crippen LogP contribution is -2.45. The van der Waals surface area contributed by atoms with Crippen molar-refractivity contribution in [3.05, 3.63) is 23.2 Å². The van der Waals surface area contributed by atoms with Gasteiger partial charge in [-0.2, -0.15) is 0 Å². The maximum atomic E-state index is 12.6. The van der Waals surface area contributed by atoms with Gasteiger partial charge in [-0.1, -0.05) is 0 Å². The fourth-order valence-corrected chi connectivity index (χ4v) is 2.28. The number of rotatable bonds is 4. The van der Waals surface area contributed by atoms with E-state index >= 15 is 0 Å². The molecule has 5 heteroatoms. The zero-order chi connectivity index (χ0) is 14.2. The van der Waals surface area contributed by atoms with Crippen LogP contribution in [0.4, 0.5) is 0 Å². The Hall–Kier alpha value is -1.78. The van der Waals surface area contributed by atoms with Crippen LogP contribution in [0.25, 0.3) is 0 Å². The molecule has 5 nitrogen and oxygen atoms in total. The predicted octanol–water partition coefficient (Wildman–Crippen LogP) is 2.06. The Kier molecular flexibility index (Phi) is 3.64. The average molecular weight is 265 g/mol. The molecule has 0 bridgehead atoms. The fourth-order valence-electron chi connectivity index (χ4n) is 2.28. The summed E-state index contributed by atoms with van der Waals surface area (Å²) in [6.45, 7) is 5.26. The average Bonchev–Trinajstić information content (AvgIpc) is 3.13. The largest absolute Gasteiger partial charge is 0.467 e. The van der Waals surface area contributed by atoms with Crippen molar-refractivity contribution in [3.63, 3.8) is 0 Å². The van der Waals surface area contributed by atoms with Crippen molar-refractivity contribution in [2.24, 2.45) is 0 Å². The van der Waals surface area contributed by atoms with Crippen molar-refractivity contribution >= 4 is 11.9 Å². The molecule has 0 aliphatic heterocycles. The molecule has 1 heterocycles. The number of furan rings is 1. The molecule has 104 valence electrons. The van der Waals surface area contributed by atoms with Gasteiger partial charge in [0.1, 0.15) is 17.6 Å². The summed E-state index contributed by atoms with van der Waals surface area (Å²) in [5.74, 6) is 0.736. The number of aryl methyl sites for hydroxylation is 2. The van der Waals surface area contributed by atoms with Crippen molar-refractivity contribution in [2.45, 2.75) is 45.7 Å².